The fraction of sp³-hybridized carbons (Fsp3) is 0.458. The van der Waals surface area contributed by atoms with Crippen molar-refractivity contribution in [1.82, 2.24) is 4.31 Å². The molecule has 0 bridgehead atoms. The molecule has 0 spiro atoms. The molecule has 9 nitrogen and oxygen atoms in total. The van der Waals surface area contributed by atoms with Crippen molar-refractivity contribution in [3.63, 3.8) is 0 Å². The number of benzene rings is 2. The highest BCUT2D eigenvalue weighted by molar-refractivity contribution is 7.89. The quantitative estimate of drug-likeness (QED) is 0.607. The van der Waals surface area contributed by atoms with Crippen molar-refractivity contribution in [3.8, 4) is 5.75 Å². The van der Waals surface area contributed by atoms with Crippen molar-refractivity contribution in [2.45, 2.75) is 18.2 Å². The Morgan fingerprint density at radius 1 is 1.00 bits per heavy atom. The lowest BCUT2D eigenvalue weighted by Gasteiger charge is -2.31. The molecule has 4 rings (SSSR count). The van der Waals surface area contributed by atoms with Gasteiger partial charge in [0, 0.05) is 26.2 Å². The molecule has 1 N–H and O–H groups in total. The highest BCUT2D eigenvalue weighted by Gasteiger charge is 2.28. The zero-order valence-corrected chi connectivity index (χ0v) is 20.2. The predicted molar refractivity (Wildman–Crippen MR) is 129 cm³/mol. The van der Waals surface area contributed by atoms with Gasteiger partial charge in [-0.05, 0) is 42.3 Å². The molecule has 0 atom stereocenters. The number of hydrogen-bond donors (Lipinski definition) is 1. The summed E-state index contributed by atoms with van der Waals surface area (Å²) in [5, 5.41) is 2.87. The fourth-order valence-electron chi connectivity index (χ4n) is 3.98. The zero-order valence-electron chi connectivity index (χ0n) is 19.4. The lowest BCUT2D eigenvalue weighted by atomic mass is 10.2. The second-order valence-electron chi connectivity index (χ2n) is 8.13. The van der Waals surface area contributed by atoms with E-state index in [9.17, 15) is 13.2 Å². The third-order valence-electron chi connectivity index (χ3n) is 5.88. The van der Waals surface area contributed by atoms with Gasteiger partial charge in [0.2, 0.25) is 10.0 Å². The van der Waals surface area contributed by atoms with Gasteiger partial charge in [0.15, 0.2) is 6.61 Å². The minimum atomic E-state index is -3.70. The standard InChI is InChI=1S/C24H31N3O6S/c1-2-19-4-3-5-20(16-19)33-18-24(28)25-22-17-21(34(29,30)27-10-14-32-15-11-27)6-7-23(22)26-8-12-31-13-9-26/h3-7,16-17H,2,8-15,18H2,1H3,(H,25,28). The first-order valence-electron chi connectivity index (χ1n) is 11.5. The number of aryl methyl sites for hydroxylation is 1. The van der Waals surface area contributed by atoms with Gasteiger partial charge in [-0.3, -0.25) is 4.79 Å². The smallest absolute Gasteiger partial charge is 0.262 e. The molecule has 0 radical (unpaired) electrons. The molecular weight excluding hydrogens is 458 g/mol. The Morgan fingerprint density at radius 3 is 2.41 bits per heavy atom. The van der Waals surface area contributed by atoms with Crippen LogP contribution in [-0.4, -0.2) is 77.8 Å². The average Bonchev–Trinajstić information content (AvgIpc) is 2.88. The Balaban J connectivity index is 1.54. The topological polar surface area (TPSA) is 97.4 Å². The van der Waals surface area contributed by atoms with Crippen molar-refractivity contribution in [2.24, 2.45) is 0 Å². The van der Waals surface area contributed by atoms with Crippen LogP contribution in [0.15, 0.2) is 47.4 Å². The maximum Gasteiger partial charge on any atom is 0.262 e. The maximum absolute atomic E-state index is 13.2. The lowest BCUT2D eigenvalue weighted by Crippen LogP contribution is -2.40. The van der Waals surface area contributed by atoms with E-state index in [2.05, 4.69) is 17.1 Å². The van der Waals surface area contributed by atoms with Crippen molar-refractivity contribution in [1.29, 1.82) is 0 Å². The van der Waals surface area contributed by atoms with Gasteiger partial charge in [-0.15, -0.1) is 0 Å². The van der Waals surface area contributed by atoms with Crippen LogP contribution in [0.25, 0.3) is 0 Å². The summed E-state index contributed by atoms with van der Waals surface area (Å²) >= 11 is 0. The number of carbonyl (C=O) groups is 1. The maximum atomic E-state index is 13.2. The lowest BCUT2D eigenvalue weighted by molar-refractivity contribution is -0.118. The monoisotopic (exact) mass is 489 g/mol. The summed E-state index contributed by atoms with van der Waals surface area (Å²) in [4.78, 5) is 15.0. The second kappa shape index (κ2) is 11.2. The summed E-state index contributed by atoms with van der Waals surface area (Å²) in [6.07, 6.45) is 0.872. The van der Waals surface area contributed by atoms with E-state index in [-0.39, 0.29) is 17.4 Å². The van der Waals surface area contributed by atoms with Gasteiger partial charge in [0.05, 0.1) is 42.7 Å². The van der Waals surface area contributed by atoms with Gasteiger partial charge in [-0.2, -0.15) is 4.31 Å². The summed E-state index contributed by atoms with van der Waals surface area (Å²) in [5.41, 5.74) is 2.31. The van der Waals surface area contributed by atoms with Crippen LogP contribution in [0.1, 0.15) is 12.5 Å². The van der Waals surface area contributed by atoms with E-state index in [1.807, 2.05) is 18.2 Å². The summed E-state index contributed by atoms with van der Waals surface area (Å²) < 4.78 is 44.2. The van der Waals surface area contributed by atoms with E-state index in [1.54, 1.807) is 18.2 Å². The molecule has 34 heavy (non-hydrogen) atoms. The van der Waals surface area contributed by atoms with Crippen LogP contribution in [-0.2, 0) is 30.7 Å². The Labute approximate surface area is 200 Å². The zero-order chi connectivity index (χ0) is 24.0. The van der Waals surface area contributed by atoms with Gasteiger partial charge < -0.3 is 24.4 Å². The van der Waals surface area contributed by atoms with E-state index in [0.29, 0.717) is 64.0 Å². The van der Waals surface area contributed by atoms with Crippen LogP contribution < -0.4 is 15.0 Å². The number of morpholine rings is 2. The third-order valence-corrected chi connectivity index (χ3v) is 7.77. The minimum Gasteiger partial charge on any atom is -0.484 e. The first kappa shape index (κ1) is 24.5. The van der Waals surface area contributed by atoms with Crippen LogP contribution >= 0.6 is 0 Å². The Bertz CT molecular complexity index is 1100. The van der Waals surface area contributed by atoms with Gasteiger partial charge in [-0.25, -0.2) is 8.42 Å². The largest absolute Gasteiger partial charge is 0.484 e. The van der Waals surface area contributed by atoms with Crippen LogP contribution in [0.5, 0.6) is 5.75 Å². The van der Waals surface area contributed by atoms with E-state index in [1.165, 1.54) is 10.4 Å². The molecule has 2 fully saturated rings. The van der Waals surface area contributed by atoms with E-state index in [0.717, 1.165) is 17.7 Å². The molecule has 0 aliphatic carbocycles. The number of rotatable bonds is 8. The molecule has 1 amide bonds. The van der Waals surface area contributed by atoms with Gasteiger partial charge >= 0.3 is 0 Å². The Morgan fingerprint density at radius 2 is 1.71 bits per heavy atom. The number of sulfonamides is 1. The highest BCUT2D eigenvalue weighted by atomic mass is 32.2. The first-order chi connectivity index (χ1) is 16.5. The SMILES string of the molecule is CCc1cccc(OCC(=O)Nc2cc(S(=O)(=O)N3CCOCC3)ccc2N2CCOCC2)c1. The van der Waals surface area contributed by atoms with Crippen molar-refractivity contribution in [2.75, 3.05) is 69.4 Å². The van der Waals surface area contributed by atoms with Crippen molar-refractivity contribution in [3.05, 3.63) is 48.0 Å². The van der Waals surface area contributed by atoms with E-state index < -0.39 is 10.0 Å². The van der Waals surface area contributed by atoms with Gasteiger partial charge in [-0.1, -0.05) is 19.1 Å². The summed E-state index contributed by atoms with van der Waals surface area (Å²) in [5.74, 6) is 0.254. The first-order valence-corrected chi connectivity index (χ1v) is 13.0. The van der Waals surface area contributed by atoms with E-state index >= 15 is 0 Å². The number of anilines is 2. The molecule has 2 aromatic carbocycles. The Kier molecular flexibility index (Phi) is 8.04. The number of ether oxygens (including phenoxy) is 3. The number of nitrogens with one attached hydrogen (secondary N) is 1. The average molecular weight is 490 g/mol. The number of hydrogen-bond acceptors (Lipinski definition) is 7. The van der Waals surface area contributed by atoms with Crippen LogP contribution in [0.3, 0.4) is 0 Å². The summed E-state index contributed by atoms with van der Waals surface area (Å²) in [7, 11) is -3.70. The van der Waals surface area contributed by atoms with Crippen molar-refractivity contribution < 1.29 is 27.4 Å². The second-order valence-corrected chi connectivity index (χ2v) is 10.1. The normalized spacial score (nSPS) is 17.4. The molecule has 2 aliphatic heterocycles. The Hall–Kier alpha value is -2.66. The number of amides is 1. The van der Waals surface area contributed by atoms with E-state index in [4.69, 9.17) is 14.2 Å². The molecule has 2 aliphatic rings. The molecule has 184 valence electrons. The van der Waals surface area contributed by atoms with Crippen LogP contribution in [0.4, 0.5) is 11.4 Å². The molecule has 2 saturated heterocycles. The van der Waals surface area contributed by atoms with Crippen LogP contribution in [0, 0.1) is 0 Å². The third kappa shape index (κ3) is 5.87. The molecule has 0 saturated carbocycles. The molecular formula is C24H31N3O6S. The molecule has 10 heteroatoms. The number of nitrogens with zero attached hydrogens (tertiary/aromatic N) is 2. The van der Waals surface area contributed by atoms with Crippen LogP contribution in [0.2, 0.25) is 0 Å². The van der Waals surface area contributed by atoms with Gasteiger partial charge in [0.1, 0.15) is 5.75 Å². The molecule has 2 heterocycles. The minimum absolute atomic E-state index is 0.137. The molecule has 0 unspecified atom stereocenters. The molecule has 0 aromatic heterocycles. The predicted octanol–water partition coefficient (Wildman–Crippen LogP) is 2.12. The number of carbonyl (C=O) groups excluding carboxylic acids is 1. The summed E-state index contributed by atoms with van der Waals surface area (Å²) in [6, 6.07) is 12.5. The molecule has 2 aromatic rings. The summed E-state index contributed by atoms with van der Waals surface area (Å²) in [6.45, 7) is 5.65. The van der Waals surface area contributed by atoms with Gasteiger partial charge in [0.25, 0.3) is 5.91 Å². The highest BCUT2D eigenvalue weighted by Crippen LogP contribution is 2.31. The van der Waals surface area contributed by atoms with Crippen molar-refractivity contribution >= 4 is 27.3 Å². The fourth-order valence-corrected chi connectivity index (χ4v) is 5.42.